The van der Waals surface area contributed by atoms with Gasteiger partial charge in [0, 0.05) is 6.54 Å². The summed E-state index contributed by atoms with van der Waals surface area (Å²) in [5, 5.41) is 13.7. The van der Waals surface area contributed by atoms with Crippen molar-refractivity contribution in [1.82, 2.24) is 5.32 Å². The number of rotatable bonds is 6. The van der Waals surface area contributed by atoms with E-state index in [0.29, 0.717) is 6.54 Å². The molecule has 1 aromatic carbocycles. The Kier molecular flexibility index (Phi) is 4.27. The summed E-state index contributed by atoms with van der Waals surface area (Å²) in [6.07, 6.45) is 5.27. The first-order valence-corrected chi connectivity index (χ1v) is 7.79. The molecule has 4 unspecified atom stereocenters. The van der Waals surface area contributed by atoms with Crippen LogP contribution in [0.2, 0.25) is 0 Å². The van der Waals surface area contributed by atoms with E-state index < -0.39 is 6.10 Å². The van der Waals surface area contributed by atoms with Crippen molar-refractivity contribution in [2.75, 3.05) is 20.2 Å². The minimum absolute atomic E-state index is 0.455. The Morgan fingerprint density at radius 1 is 1.35 bits per heavy atom. The van der Waals surface area contributed by atoms with Gasteiger partial charge in [-0.3, -0.25) is 0 Å². The van der Waals surface area contributed by atoms with Gasteiger partial charge in [-0.25, -0.2) is 0 Å². The van der Waals surface area contributed by atoms with E-state index in [9.17, 15) is 5.11 Å². The van der Waals surface area contributed by atoms with Crippen LogP contribution < -0.4 is 10.1 Å². The highest BCUT2D eigenvalue weighted by molar-refractivity contribution is 5.29. The van der Waals surface area contributed by atoms with Gasteiger partial charge < -0.3 is 15.2 Å². The summed E-state index contributed by atoms with van der Waals surface area (Å²) in [7, 11) is 1.65. The van der Waals surface area contributed by atoms with E-state index >= 15 is 0 Å². The van der Waals surface area contributed by atoms with E-state index in [-0.39, 0.29) is 0 Å². The lowest BCUT2D eigenvalue weighted by molar-refractivity contribution is 0.169. The number of nitrogens with one attached hydrogen (secondary N) is 1. The molecule has 4 atom stereocenters. The molecule has 110 valence electrons. The number of ether oxygens (including phenoxy) is 1. The molecular weight excluding hydrogens is 250 g/mol. The number of fused-ring (bicyclic) bond motifs is 2. The molecule has 0 aromatic heterocycles. The first kappa shape index (κ1) is 13.9. The number of aliphatic hydroxyl groups is 1. The van der Waals surface area contributed by atoms with Crippen LogP contribution in [0.4, 0.5) is 0 Å². The molecule has 0 radical (unpaired) electrons. The Balaban J connectivity index is 1.45. The van der Waals surface area contributed by atoms with Gasteiger partial charge in [0.1, 0.15) is 5.75 Å². The molecule has 2 bridgehead atoms. The Bertz CT molecular complexity index is 448. The third kappa shape index (κ3) is 2.99. The van der Waals surface area contributed by atoms with Crippen molar-refractivity contribution in [3.63, 3.8) is 0 Å². The molecule has 3 heteroatoms. The van der Waals surface area contributed by atoms with Crippen LogP contribution in [-0.2, 0) is 0 Å². The van der Waals surface area contributed by atoms with Crippen LogP contribution in [0.25, 0.3) is 0 Å². The molecule has 0 saturated heterocycles. The highest BCUT2D eigenvalue weighted by atomic mass is 16.5. The number of hydrogen-bond donors (Lipinski definition) is 2. The van der Waals surface area contributed by atoms with Crippen molar-refractivity contribution < 1.29 is 9.84 Å². The van der Waals surface area contributed by atoms with Gasteiger partial charge in [-0.1, -0.05) is 18.6 Å². The summed E-state index contributed by atoms with van der Waals surface area (Å²) in [6.45, 7) is 1.68. The lowest BCUT2D eigenvalue weighted by atomic mass is 9.89. The van der Waals surface area contributed by atoms with Crippen LogP contribution in [-0.4, -0.2) is 25.3 Å². The summed E-state index contributed by atoms with van der Waals surface area (Å²) in [6, 6.07) is 7.68. The molecular formula is C17H25NO2. The van der Waals surface area contributed by atoms with E-state index in [2.05, 4.69) is 5.32 Å². The summed E-state index contributed by atoms with van der Waals surface area (Å²) in [5.74, 6) is 3.58. The maximum Gasteiger partial charge on any atom is 0.119 e. The predicted molar refractivity (Wildman–Crippen MR) is 79.8 cm³/mol. The van der Waals surface area contributed by atoms with Crippen molar-refractivity contribution in [1.29, 1.82) is 0 Å². The largest absolute Gasteiger partial charge is 0.497 e. The quantitative estimate of drug-likeness (QED) is 0.839. The summed E-state index contributed by atoms with van der Waals surface area (Å²) in [4.78, 5) is 0. The van der Waals surface area contributed by atoms with Gasteiger partial charge in [0.05, 0.1) is 13.2 Å². The van der Waals surface area contributed by atoms with Crippen molar-refractivity contribution in [3.05, 3.63) is 29.8 Å². The molecule has 0 spiro atoms. The number of methoxy groups -OCH3 is 1. The monoisotopic (exact) mass is 275 g/mol. The Hall–Kier alpha value is -1.06. The van der Waals surface area contributed by atoms with E-state index in [4.69, 9.17) is 4.74 Å². The molecule has 2 aliphatic carbocycles. The first-order chi connectivity index (χ1) is 9.76. The lowest BCUT2D eigenvalue weighted by Crippen LogP contribution is -2.29. The average molecular weight is 275 g/mol. The van der Waals surface area contributed by atoms with Gasteiger partial charge in [-0.15, -0.1) is 0 Å². The molecule has 0 aliphatic heterocycles. The smallest absolute Gasteiger partial charge is 0.119 e. The van der Waals surface area contributed by atoms with E-state index in [1.807, 2.05) is 24.3 Å². The predicted octanol–water partition coefficient (Wildman–Crippen LogP) is 2.75. The fourth-order valence-electron chi connectivity index (χ4n) is 4.00. The van der Waals surface area contributed by atoms with Crippen molar-refractivity contribution in [2.45, 2.75) is 31.8 Å². The summed E-state index contributed by atoms with van der Waals surface area (Å²) in [5.41, 5.74) is 0.921. The van der Waals surface area contributed by atoms with Gasteiger partial charge in [0.2, 0.25) is 0 Å². The normalized spacial score (nSPS) is 29.6. The topological polar surface area (TPSA) is 41.5 Å². The van der Waals surface area contributed by atoms with Crippen LogP contribution in [0, 0.1) is 17.8 Å². The lowest BCUT2D eigenvalue weighted by Gasteiger charge is -2.22. The van der Waals surface area contributed by atoms with Gasteiger partial charge in [-0.2, -0.15) is 0 Å². The molecule has 2 N–H and O–H groups in total. The highest BCUT2D eigenvalue weighted by Gasteiger charge is 2.38. The second-order valence-corrected chi connectivity index (χ2v) is 6.39. The Morgan fingerprint density at radius 3 is 2.95 bits per heavy atom. The maximum absolute atomic E-state index is 10.2. The third-order valence-corrected chi connectivity index (χ3v) is 5.11. The van der Waals surface area contributed by atoms with Crippen molar-refractivity contribution in [2.24, 2.45) is 17.8 Å². The van der Waals surface area contributed by atoms with Crippen molar-refractivity contribution >= 4 is 0 Å². The number of aliphatic hydroxyl groups excluding tert-OH is 1. The molecule has 2 aliphatic rings. The average Bonchev–Trinajstić information content (AvgIpc) is 3.10. The van der Waals surface area contributed by atoms with Gasteiger partial charge >= 0.3 is 0 Å². The summed E-state index contributed by atoms with van der Waals surface area (Å²) >= 11 is 0. The van der Waals surface area contributed by atoms with Crippen LogP contribution in [0.15, 0.2) is 24.3 Å². The Morgan fingerprint density at radius 2 is 2.25 bits per heavy atom. The molecule has 1 aromatic rings. The van der Waals surface area contributed by atoms with Gasteiger partial charge in [0.15, 0.2) is 0 Å². The van der Waals surface area contributed by atoms with Crippen LogP contribution in [0.5, 0.6) is 5.75 Å². The second kappa shape index (κ2) is 6.15. The zero-order valence-corrected chi connectivity index (χ0v) is 12.2. The van der Waals surface area contributed by atoms with Crippen molar-refractivity contribution in [3.8, 4) is 5.75 Å². The molecule has 0 heterocycles. The number of hydrogen-bond acceptors (Lipinski definition) is 3. The SMILES string of the molecule is COc1cccc(C(O)CNCC2CC3CCC2C3)c1. The minimum atomic E-state index is -0.455. The fraction of sp³-hybridized carbons (Fsp3) is 0.647. The standard InChI is InChI=1S/C17H25NO2/c1-20-16-4-2-3-14(9-16)17(19)11-18-10-15-8-12-5-6-13(15)7-12/h2-4,9,12-13,15,17-19H,5-8,10-11H2,1H3. The molecule has 2 fully saturated rings. The zero-order chi connectivity index (χ0) is 13.9. The summed E-state index contributed by atoms with van der Waals surface area (Å²) < 4.78 is 5.19. The Labute approximate surface area is 121 Å². The van der Waals surface area contributed by atoms with Gasteiger partial charge in [-0.05, 0) is 61.3 Å². The highest BCUT2D eigenvalue weighted by Crippen LogP contribution is 2.47. The second-order valence-electron chi connectivity index (χ2n) is 6.39. The molecule has 20 heavy (non-hydrogen) atoms. The molecule has 3 nitrogen and oxygen atoms in total. The fourth-order valence-corrected chi connectivity index (χ4v) is 4.00. The van der Waals surface area contributed by atoms with Crippen LogP contribution in [0.3, 0.4) is 0 Å². The minimum Gasteiger partial charge on any atom is -0.497 e. The van der Waals surface area contributed by atoms with E-state index in [1.165, 1.54) is 25.7 Å². The third-order valence-electron chi connectivity index (χ3n) is 5.11. The van der Waals surface area contributed by atoms with E-state index in [0.717, 1.165) is 35.6 Å². The molecule has 0 amide bonds. The van der Waals surface area contributed by atoms with E-state index in [1.54, 1.807) is 7.11 Å². The molecule has 2 saturated carbocycles. The molecule has 3 rings (SSSR count). The zero-order valence-electron chi connectivity index (χ0n) is 12.2. The van der Waals surface area contributed by atoms with Crippen LogP contribution >= 0.6 is 0 Å². The first-order valence-electron chi connectivity index (χ1n) is 7.79. The van der Waals surface area contributed by atoms with Gasteiger partial charge in [0.25, 0.3) is 0 Å². The maximum atomic E-state index is 10.2. The van der Waals surface area contributed by atoms with Crippen LogP contribution in [0.1, 0.15) is 37.4 Å². The number of benzene rings is 1.